The molecule has 0 heterocycles. The molecule has 0 fully saturated rings. The molecule has 0 unspecified atom stereocenters. The average Bonchev–Trinajstić information content (AvgIpc) is 2.38. The SMILES string of the molecule is CCOCOc1c(I)cc(COC(=O)C(C)(C)C)cc1I. The summed E-state index contributed by atoms with van der Waals surface area (Å²) in [5.41, 5.74) is 0.464. The van der Waals surface area contributed by atoms with Gasteiger partial charge < -0.3 is 14.2 Å². The summed E-state index contributed by atoms with van der Waals surface area (Å²) in [5.74, 6) is 0.597. The zero-order chi connectivity index (χ0) is 16.0. The number of ether oxygens (including phenoxy) is 3. The van der Waals surface area contributed by atoms with Crippen molar-refractivity contribution in [3.05, 3.63) is 24.8 Å². The van der Waals surface area contributed by atoms with Gasteiger partial charge in [0.15, 0.2) is 6.79 Å². The summed E-state index contributed by atoms with van der Waals surface area (Å²) in [4.78, 5) is 11.8. The van der Waals surface area contributed by atoms with Gasteiger partial charge in [-0.3, -0.25) is 4.79 Å². The molecule has 4 nitrogen and oxygen atoms in total. The van der Waals surface area contributed by atoms with Gasteiger partial charge in [-0.1, -0.05) is 0 Å². The first kappa shape index (κ1) is 19.0. The van der Waals surface area contributed by atoms with Crippen molar-refractivity contribution in [2.45, 2.75) is 34.3 Å². The average molecular weight is 518 g/mol. The molecule has 0 saturated heterocycles. The molecule has 0 saturated carbocycles. The molecule has 0 aliphatic heterocycles. The summed E-state index contributed by atoms with van der Waals surface area (Å²) in [5, 5.41) is 0. The monoisotopic (exact) mass is 518 g/mol. The van der Waals surface area contributed by atoms with Crippen LogP contribution in [-0.4, -0.2) is 19.4 Å². The Bertz CT molecular complexity index is 472. The minimum atomic E-state index is -0.485. The fraction of sp³-hybridized carbons (Fsp3) is 0.533. The highest BCUT2D eigenvalue weighted by Crippen LogP contribution is 2.29. The highest BCUT2D eigenvalue weighted by molar-refractivity contribution is 14.1. The topological polar surface area (TPSA) is 44.8 Å². The Balaban J connectivity index is 2.72. The largest absolute Gasteiger partial charge is 0.465 e. The Morgan fingerprint density at radius 1 is 1.19 bits per heavy atom. The molecule has 0 bridgehead atoms. The zero-order valence-corrected chi connectivity index (χ0v) is 17.0. The van der Waals surface area contributed by atoms with Crippen LogP contribution in [0.25, 0.3) is 0 Å². The van der Waals surface area contributed by atoms with Crippen molar-refractivity contribution in [2.75, 3.05) is 13.4 Å². The Morgan fingerprint density at radius 3 is 2.24 bits per heavy atom. The van der Waals surface area contributed by atoms with E-state index in [0.29, 0.717) is 6.61 Å². The van der Waals surface area contributed by atoms with Gasteiger partial charge in [0.05, 0.1) is 12.6 Å². The predicted molar refractivity (Wildman–Crippen MR) is 98.2 cm³/mol. The van der Waals surface area contributed by atoms with Crippen LogP contribution >= 0.6 is 45.2 Å². The van der Waals surface area contributed by atoms with Gasteiger partial charge in [0.1, 0.15) is 12.4 Å². The van der Waals surface area contributed by atoms with Gasteiger partial charge in [-0.25, -0.2) is 0 Å². The second-order valence-electron chi connectivity index (χ2n) is 5.47. The van der Waals surface area contributed by atoms with E-state index >= 15 is 0 Å². The van der Waals surface area contributed by atoms with Crippen LogP contribution in [0, 0.1) is 12.6 Å². The summed E-state index contributed by atoms with van der Waals surface area (Å²) >= 11 is 4.42. The van der Waals surface area contributed by atoms with Crippen LogP contribution < -0.4 is 4.74 Å². The lowest BCUT2D eigenvalue weighted by Crippen LogP contribution is -2.22. The molecular weight excluding hydrogens is 498 g/mol. The normalized spacial score (nSPS) is 11.3. The Hall–Kier alpha value is -0.0900. The van der Waals surface area contributed by atoms with E-state index in [1.807, 2.05) is 39.8 Å². The van der Waals surface area contributed by atoms with Crippen molar-refractivity contribution >= 4 is 51.2 Å². The molecule has 118 valence electrons. The van der Waals surface area contributed by atoms with Crippen molar-refractivity contribution in [3.8, 4) is 5.75 Å². The number of esters is 1. The van der Waals surface area contributed by atoms with E-state index < -0.39 is 5.41 Å². The lowest BCUT2D eigenvalue weighted by atomic mass is 9.97. The quantitative estimate of drug-likeness (QED) is 0.243. The van der Waals surface area contributed by atoms with Crippen LogP contribution in [0.5, 0.6) is 5.75 Å². The summed E-state index contributed by atoms with van der Waals surface area (Å²) in [6.45, 7) is 8.57. The molecule has 0 spiro atoms. The first-order valence-electron chi connectivity index (χ1n) is 6.61. The van der Waals surface area contributed by atoms with Crippen LogP contribution in [0.3, 0.4) is 0 Å². The zero-order valence-electron chi connectivity index (χ0n) is 12.7. The minimum Gasteiger partial charge on any atom is -0.465 e. The molecule has 6 heteroatoms. The van der Waals surface area contributed by atoms with E-state index in [9.17, 15) is 4.79 Å². The van der Waals surface area contributed by atoms with Crippen LogP contribution in [0.1, 0.15) is 33.3 Å². The van der Waals surface area contributed by atoms with E-state index in [0.717, 1.165) is 18.5 Å². The van der Waals surface area contributed by atoms with Gasteiger partial charge in [-0.15, -0.1) is 0 Å². The van der Waals surface area contributed by atoms with Gasteiger partial charge in [-0.05, 0) is 90.6 Å². The van der Waals surface area contributed by atoms with Crippen LogP contribution in [0.15, 0.2) is 12.1 Å². The fourth-order valence-corrected chi connectivity index (χ4v) is 3.59. The fourth-order valence-electron chi connectivity index (χ4n) is 1.38. The third-order valence-corrected chi connectivity index (χ3v) is 4.13. The Labute approximate surface area is 153 Å². The third-order valence-electron chi connectivity index (χ3n) is 2.53. The molecule has 1 rings (SSSR count). The highest BCUT2D eigenvalue weighted by Gasteiger charge is 2.23. The molecule has 1 aromatic rings. The van der Waals surface area contributed by atoms with Crippen molar-refractivity contribution in [1.29, 1.82) is 0 Å². The van der Waals surface area contributed by atoms with E-state index in [-0.39, 0.29) is 19.4 Å². The molecular formula is C15H20I2O4. The van der Waals surface area contributed by atoms with E-state index in [2.05, 4.69) is 45.2 Å². The molecule has 0 amide bonds. The van der Waals surface area contributed by atoms with Crippen molar-refractivity contribution in [1.82, 2.24) is 0 Å². The first-order valence-corrected chi connectivity index (χ1v) is 8.77. The summed E-state index contributed by atoms with van der Waals surface area (Å²) in [6.07, 6.45) is 0. The molecule has 0 radical (unpaired) electrons. The van der Waals surface area contributed by atoms with Crippen molar-refractivity contribution in [3.63, 3.8) is 0 Å². The lowest BCUT2D eigenvalue weighted by Gasteiger charge is -2.17. The maximum atomic E-state index is 11.8. The van der Waals surface area contributed by atoms with Gasteiger partial charge >= 0.3 is 5.97 Å². The van der Waals surface area contributed by atoms with E-state index in [1.54, 1.807) is 0 Å². The molecule has 0 atom stereocenters. The maximum Gasteiger partial charge on any atom is 0.311 e. The van der Waals surface area contributed by atoms with Gasteiger partial charge in [-0.2, -0.15) is 0 Å². The van der Waals surface area contributed by atoms with Gasteiger partial charge in [0.25, 0.3) is 0 Å². The van der Waals surface area contributed by atoms with Crippen LogP contribution in [0.2, 0.25) is 0 Å². The van der Waals surface area contributed by atoms with E-state index in [1.165, 1.54) is 0 Å². The van der Waals surface area contributed by atoms with Crippen LogP contribution in [0.4, 0.5) is 0 Å². The second-order valence-corrected chi connectivity index (χ2v) is 7.79. The van der Waals surface area contributed by atoms with Crippen molar-refractivity contribution in [2.24, 2.45) is 5.41 Å². The second kappa shape index (κ2) is 8.52. The van der Waals surface area contributed by atoms with E-state index in [4.69, 9.17) is 14.2 Å². The smallest absolute Gasteiger partial charge is 0.311 e. The number of hydrogen-bond acceptors (Lipinski definition) is 4. The number of rotatable bonds is 6. The van der Waals surface area contributed by atoms with Crippen LogP contribution in [-0.2, 0) is 20.9 Å². The maximum absolute atomic E-state index is 11.8. The highest BCUT2D eigenvalue weighted by atomic mass is 127. The first-order chi connectivity index (χ1) is 9.75. The predicted octanol–water partition coefficient (Wildman–Crippen LogP) is 4.36. The van der Waals surface area contributed by atoms with Gasteiger partial charge in [0.2, 0.25) is 0 Å². The number of hydrogen-bond donors (Lipinski definition) is 0. The molecule has 21 heavy (non-hydrogen) atoms. The summed E-state index contributed by atoms with van der Waals surface area (Å²) in [6, 6.07) is 3.92. The molecule has 0 aromatic heterocycles. The minimum absolute atomic E-state index is 0.204. The number of benzene rings is 1. The Morgan fingerprint density at radius 2 is 1.76 bits per heavy atom. The number of carbonyl (C=O) groups excluding carboxylic acids is 1. The lowest BCUT2D eigenvalue weighted by molar-refractivity contribution is -0.154. The molecule has 0 N–H and O–H groups in total. The molecule has 1 aromatic carbocycles. The number of carbonyl (C=O) groups is 1. The van der Waals surface area contributed by atoms with Crippen molar-refractivity contribution < 1.29 is 19.0 Å². The summed E-state index contributed by atoms with van der Waals surface area (Å²) in [7, 11) is 0. The summed E-state index contributed by atoms with van der Waals surface area (Å²) < 4.78 is 18.1. The molecule has 0 aliphatic rings. The third kappa shape index (κ3) is 6.27. The Kier molecular flexibility index (Phi) is 7.69. The molecule has 0 aliphatic carbocycles. The standard InChI is InChI=1S/C15H20I2O4/c1-5-19-9-21-13-11(16)6-10(7-12(13)17)8-20-14(18)15(2,3)4/h6-7H,5,8-9H2,1-4H3. The number of halogens is 2. The van der Waals surface area contributed by atoms with Gasteiger partial charge in [0, 0.05) is 6.61 Å².